The highest BCUT2D eigenvalue weighted by Gasteiger charge is 2.34. The van der Waals surface area contributed by atoms with E-state index in [2.05, 4.69) is 20.8 Å². The van der Waals surface area contributed by atoms with Crippen molar-refractivity contribution in [2.45, 2.75) is 40.3 Å². The van der Waals surface area contributed by atoms with E-state index in [1.54, 1.807) is 7.11 Å². The molecule has 0 aromatic rings. The maximum Gasteiger partial charge on any atom is 0.222 e. The molecule has 0 amide bonds. The second-order valence-electron chi connectivity index (χ2n) is 3.09. The monoisotopic (exact) mass is 190 g/mol. The van der Waals surface area contributed by atoms with Crippen molar-refractivity contribution in [3.05, 3.63) is 0 Å². The van der Waals surface area contributed by atoms with Crippen LogP contribution in [0.25, 0.3) is 0 Å². The molecule has 0 saturated carbocycles. The minimum Gasteiger partial charge on any atom is -0.327 e. The van der Waals surface area contributed by atoms with Gasteiger partial charge in [0.15, 0.2) is 0 Å². The Morgan fingerprint density at radius 2 is 1.62 bits per heavy atom. The summed E-state index contributed by atoms with van der Waals surface area (Å²) >= 11 is 0. The van der Waals surface area contributed by atoms with Gasteiger partial charge in [-0.25, -0.2) is 4.84 Å². The molecule has 1 unspecified atom stereocenters. The van der Waals surface area contributed by atoms with Crippen molar-refractivity contribution in [3.8, 4) is 0 Å². The lowest BCUT2D eigenvalue weighted by atomic mass is 10.3. The molecule has 0 saturated heterocycles. The van der Waals surface area contributed by atoms with E-state index in [0.29, 0.717) is 4.65 Å². The van der Waals surface area contributed by atoms with Gasteiger partial charge in [-0.3, -0.25) is 0 Å². The highest BCUT2D eigenvalue weighted by molar-refractivity contribution is 4.40. The molecule has 0 N–H and O–H groups in total. The Kier molecular flexibility index (Phi) is 6.29. The molecule has 0 aromatic heterocycles. The number of ether oxygens (including phenoxy) is 1. The van der Waals surface area contributed by atoms with Crippen molar-refractivity contribution >= 4 is 0 Å². The van der Waals surface area contributed by atoms with E-state index in [0.717, 1.165) is 26.1 Å². The molecule has 80 valence electrons. The second kappa shape index (κ2) is 6.35. The average molecular weight is 190 g/mol. The third kappa shape index (κ3) is 2.93. The van der Waals surface area contributed by atoms with Crippen LogP contribution in [0.2, 0.25) is 0 Å². The number of rotatable bonds is 7. The van der Waals surface area contributed by atoms with Crippen molar-refractivity contribution < 1.29 is 14.2 Å². The average Bonchev–Trinajstić information content (AvgIpc) is 2.19. The topological polar surface area (TPSA) is 18.5 Å². The first kappa shape index (κ1) is 12.9. The van der Waals surface area contributed by atoms with Crippen LogP contribution >= 0.6 is 0 Å². The first-order valence-corrected chi connectivity index (χ1v) is 5.24. The molecule has 0 radical (unpaired) electrons. The van der Waals surface area contributed by atoms with Crippen LogP contribution in [0.1, 0.15) is 34.1 Å². The fourth-order valence-electron chi connectivity index (χ4n) is 1.79. The Balaban J connectivity index is 4.45. The summed E-state index contributed by atoms with van der Waals surface area (Å²) in [6.07, 6.45) is 1.16. The molecule has 13 heavy (non-hydrogen) atoms. The van der Waals surface area contributed by atoms with Crippen LogP contribution in [0.4, 0.5) is 0 Å². The summed E-state index contributed by atoms with van der Waals surface area (Å²) in [6, 6.07) is 0. The fraction of sp³-hybridized carbons (Fsp3) is 1.00. The van der Waals surface area contributed by atoms with Gasteiger partial charge in [-0.1, -0.05) is 6.92 Å². The number of hydroxylamine groups is 3. The quantitative estimate of drug-likeness (QED) is 0.348. The van der Waals surface area contributed by atoms with E-state index in [1.165, 1.54) is 0 Å². The van der Waals surface area contributed by atoms with Gasteiger partial charge in [-0.2, -0.15) is 4.65 Å². The molecule has 0 bridgehead atoms. The highest BCUT2D eigenvalue weighted by atomic mass is 16.7. The van der Waals surface area contributed by atoms with Gasteiger partial charge in [0.1, 0.15) is 13.1 Å². The second-order valence-corrected chi connectivity index (χ2v) is 3.09. The van der Waals surface area contributed by atoms with Gasteiger partial charge in [0, 0.05) is 6.42 Å². The number of quaternary nitrogens is 1. The Morgan fingerprint density at radius 1 is 1.08 bits per heavy atom. The standard InChI is InChI=1S/C10H24NO2/c1-6-10(13-9-4)11(7-2,8-3)12-5/h10H,6-9H2,1-5H3/q+1. The van der Waals surface area contributed by atoms with Gasteiger partial charge in [0.2, 0.25) is 6.23 Å². The van der Waals surface area contributed by atoms with Crippen molar-refractivity contribution in [3.63, 3.8) is 0 Å². The van der Waals surface area contributed by atoms with E-state index in [1.807, 2.05) is 6.92 Å². The molecule has 0 heterocycles. The third-order valence-corrected chi connectivity index (χ3v) is 2.67. The summed E-state index contributed by atoms with van der Waals surface area (Å²) in [5.74, 6) is 0. The van der Waals surface area contributed by atoms with E-state index in [9.17, 15) is 0 Å². The van der Waals surface area contributed by atoms with Crippen LogP contribution < -0.4 is 0 Å². The summed E-state index contributed by atoms with van der Waals surface area (Å²) in [6.45, 7) is 11.1. The fourth-order valence-corrected chi connectivity index (χ4v) is 1.79. The molecule has 3 nitrogen and oxygen atoms in total. The Labute approximate surface area is 82.2 Å². The van der Waals surface area contributed by atoms with Crippen LogP contribution in [0.5, 0.6) is 0 Å². The molecule has 0 aliphatic rings. The highest BCUT2D eigenvalue weighted by Crippen LogP contribution is 2.17. The first-order chi connectivity index (χ1) is 6.20. The Hall–Kier alpha value is -0.120. The lowest BCUT2D eigenvalue weighted by molar-refractivity contribution is -1.13. The number of hydrogen-bond donors (Lipinski definition) is 0. The van der Waals surface area contributed by atoms with Gasteiger partial charge >= 0.3 is 0 Å². The molecule has 0 aliphatic heterocycles. The van der Waals surface area contributed by atoms with E-state index < -0.39 is 0 Å². The van der Waals surface area contributed by atoms with Gasteiger partial charge in [0.05, 0.1) is 13.7 Å². The van der Waals surface area contributed by atoms with E-state index in [-0.39, 0.29) is 6.23 Å². The summed E-state index contributed by atoms with van der Waals surface area (Å²) in [7, 11) is 1.76. The van der Waals surface area contributed by atoms with Crippen LogP contribution in [0, 0.1) is 0 Å². The number of nitrogens with zero attached hydrogens (tertiary/aromatic N) is 1. The molecule has 0 aromatic carbocycles. The zero-order valence-electron chi connectivity index (χ0n) is 9.67. The van der Waals surface area contributed by atoms with Crippen molar-refractivity contribution in [1.29, 1.82) is 0 Å². The van der Waals surface area contributed by atoms with Crippen molar-refractivity contribution in [2.24, 2.45) is 0 Å². The number of hydrogen-bond acceptors (Lipinski definition) is 2. The zero-order valence-corrected chi connectivity index (χ0v) is 9.67. The smallest absolute Gasteiger partial charge is 0.222 e. The summed E-state index contributed by atoms with van der Waals surface area (Å²) in [5, 5.41) is 0. The van der Waals surface area contributed by atoms with Crippen LogP contribution in [-0.2, 0) is 9.57 Å². The van der Waals surface area contributed by atoms with Gasteiger partial charge in [-0.15, -0.1) is 0 Å². The van der Waals surface area contributed by atoms with Crippen LogP contribution in [0.15, 0.2) is 0 Å². The molecule has 0 spiro atoms. The molecule has 0 fully saturated rings. The van der Waals surface area contributed by atoms with E-state index >= 15 is 0 Å². The minimum absolute atomic E-state index is 0.171. The van der Waals surface area contributed by atoms with Crippen molar-refractivity contribution in [2.75, 3.05) is 26.8 Å². The third-order valence-electron chi connectivity index (χ3n) is 2.67. The Morgan fingerprint density at radius 3 is 1.85 bits per heavy atom. The normalized spacial score (nSPS) is 14.5. The molecule has 1 atom stereocenters. The lowest BCUT2D eigenvalue weighted by Gasteiger charge is -2.38. The summed E-state index contributed by atoms with van der Waals surface area (Å²) in [5.41, 5.74) is 0. The molecule has 0 rings (SSSR count). The molecule has 3 heteroatoms. The lowest BCUT2D eigenvalue weighted by Crippen LogP contribution is -2.55. The van der Waals surface area contributed by atoms with Gasteiger partial charge < -0.3 is 4.74 Å². The molecular formula is C10H24NO2+. The van der Waals surface area contributed by atoms with Gasteiger partial charge in [-0.05, 0) is 20.8 Å². The minimum atomic E-state index is 0.171. The van der Waals surface area contributed by atoms with Crippen LogP contribution in [-0.4, -0.2) is 37.7 Å². The predicted molar refractivity (Wildman–Crippen MR) is 54.1 cm³/mol. The molecular weight excluding hydrogens is 166 g/mol. The summed E-state index contributed by atoms with van der Waals surface area (Å²) < 4.78 is 6.28. The van der Waals surface area contributed by atoms with E-state index in [4.69, 9.17) is 9.57 Å². The van der Waals surface area contributed by atoms with Gasteiger partial charge in [0.25, 0.3) is 0 Å². The van der Waals surface area contributed by atoms with Crippen molar-refractivity contribution in [1.82, 2.24) is 0 Å². The maximum absolute atomic E-state index is 5.68. The van der Waals surface area contributed by atoms with Crippen LogP contribution in [0.3, 0.4) is 0 Å². The maximum atomic E-state index is 5.68. The zero-order chi connectivity index (χ0) is 10.3. The SMILES string of the molecule is CCOC(CC)[N+](CC)(CC)OC. The predicted octanol–water partition coefficient (Wildman–Crippen LogP) is 2.18. The largest absolute Gasteiger partial charge is 0.327 e. The molecule has 0 aliphatic carbocycles. The Bertz CT molecular complexity index is 116. The first-order valence-electron chi connectivity index (χ1n) is 5.24. The summed E-state index contributed by atoms with van der Waals surface area (Å²) in [4.78, 5) is 5.55.